The number of nitrogens with one attached hydrogen (secondary N) is 4. The average Bonchev–Trinajstić information content (AvgIpc) is 3.26. The van der Waals surface area contributed by atoms with Crippen LogP contribution in [0.15, 0.2) is 0 Å². The molecule has 0 aromatic rings. The number of aliphatic carboxylic acids is 2. The molecule has 0 aromatic carbocycles. The number of rotatable bonds is 14. The van der Waals surface area contributed by atoms with E-state index < -0.39 is 72.3 Å². The Balaban J connectivity index is 2.89. The molecular weight excluding hydrogens is 442 g/mol. The topological polar surface area (TPSA) is 237 Å². The summed E-state index contributed by atoms with van der Waals surface area (Å²) in [5, 5.41) is 37.9. The number of carboxylic acids is 2. The van der Waals surface area contributed by atoms with Crippen molar-refractivity contribution >= 4 is 35.6 Å². The van der Waals surface area contributed by atoms with E-state index in [1.807, 2.05) is 0 Å². The van der Waals surface area contributed by atoms with Gasteiger partial charge in [-0.15, -0.1) is 0 Å². The smallest absolute Gasteiger partial charge is 0.326 e. The SMILES string of the molecule is CC(O)C(NC(=O)C(CCC(=O)O)NC(=O)C1CCCN1)C(=O)NC(CCC(N)=O)C(=O)O. The number of carbonyl (C=O) groups is 6. The average molecular weight is 473 g/mol. The Labute approximate surface area is 189 Å². The van der Waals surface area contributed by atoms with Crippen molar-refractivity contribution in [2.24, 2.45) is 5.73 Å². The van der Waals surface area contributed by atoms with Gasteiger partial charge in [0.2, 0.25) is 23.6 Å². The Morgan fingerprint density at radius 3 is 2.09 bits per heavy atom. The van der Waals surface area contributed by atoms with Gasteiger partial charge < -0.3 is 42.3 Å². The molecular formula is C19H31N5O9. The summed E-state index contributed by atoms with van der Waals surface area (Å²) >= 11 is 0. The van der Waals surface area contributed by atoms with Gasteiger partial charge in [0.05, 0.1) is 12.1 Å². The van der Waals surface area contributed by atoms with Crippen molar-refractivity contribution in [3.05, 3.63) is 0 Å². The maximum atomic E-state index is 12.8. The van der Waals surface area contributed by atoms with Crippen LogP contribution in [0.1, 0.15) is 45.4 Å². The van der Waals surface area contributed by atoms with Gasteiger partial charge in [0.1, 0.15) is 18.1 Å². The lowest BCUT2D eigenvalue weighted by atomic mass is 10.1. The summed E-state index contributed by atoms with van der Waals surface area (Å²) < 4.78 is 0. The molecule has 14 nitrogen and oxygen atoms in total. The molecule has 0 aromatic heterocycles. The molecule has 33 heavy (non-hydrogen) atoms. The molecule has 9 N–H and O–H groups in total. The normalized spacial score (nSPS) is 18.9. The summed E-state index contributed by atoms with van der Waals surface area (Å²) in [6.07, 6.45) is -1.51. The predicted octanol–water partition coefficient (Wildman–Crippen LogP) is -3.21. The molecule has 0 spiro atoms. The van der Waals surface area contributed by atoms with Crippen LogP contribution in [0.2, 0.25) is 0 Å². The van der Waals surface area contributed by atoms with Gasteiger partial charge in [-0.1, -0.05) is 0 Å². The zero-order valence-corrected chi connectivity index (χ0v) is 18.2. The minimum absolute atomic E-state index is 0.274. The van der Waals surface area contributed by atoms with Crippen molar-refractivity contribution in [3.8, 4) is 0 Å². The van der Waals surface area contributed by atoms with Gasteiger partial charge in [0.15, 0.2) is 0 Å². The number of nitrogens with two attached hydrogens (primary N) is 1. The molecule has 1 heterocycles. The first kappa shape index (κ1) is 27.8. The Bertz CT molecular complexity index is 752. The molecule has 0 saturated carbocycles. The van der Waals surface area contributed by atoms with Crippen molar-refractivity contribution < 1.29 is 44.1 Å². The fourth-order valence-corrected chi connectivity index (χ4v) is 3.18. The van der Waals surface area contributed by atoms with Gasteiger partial charge >= 0.3 is 11.9 Å². The second-order valence-corrected chi connectivity index (χ2v) is 7.77. The maximum Gasteiger partial charge on any atom is 0.326 e. The van der Waals surface area contributed by atoms with E-state index in [1.54, 1.807) is 0 Å². The van der Waals surface area contributed by atoms with E-state index in [0.29, 0.717) is 13.0 Å². The number of aliphatic hydroxyl groups is 1. The Kier molecular flexibility index (Phi) is 11.2. The summed E-state index contributed by atoms with van der Waals surface area (Å²) in [7, 11) is 0. The quantitative estimate of drug-likeness (QED) is 0.126. The first-order valence-corrected chi connectivity index (χ1v) is 10.5. The van der Waals surface area contributed by atoms with Crippen LogP contribution in [-0.2, 0) is 28.8 Å². The van der Waals surface area contributed by atoms with Gasteiger partial charge in [-0.2, -0.15) is 0 Å². The van der Waals surface area contributed by atoms with Gasteiger partial charge in [-0.25, -0.2) is 4.79 Å². The first-order chi connectivity index (χ1) is 15.4. The summed E-state index contributed by atoms with van der Waals surface area (Å²) in [6.45, 7) is 1.80. The highest BCUT2D eigenvalue weighted by atomic mass is 16.4. The van der Waals surface area contributed by atoms with Gasteiger partial charge in [-0.05, 0) is 39.2 Å². The number of hydrogen-bond donors (Lipinski definition) is 8. The molecule has 5 atom stereocenters. The zero-order valence-electron chi connectivity index (χ0n) is 18.2. The van der Waals surface area contributed by atoms with E-state index in [-0.39, 0.29) is 19.3 Å². The van der Waals surface area contributed by atoms with Gasteiger partial charge in [0.25, 0.3) is 0 Å². The second kappa shape index (κ2) is 13.3. The summed E-state index contributed by atoms with van der Waals surface area (Å²) in [6, 6.07) is -4.96. The van der Waals surface area contributed by atoms with Crippen molar-refractivity contribution in [2.75, 3.05) is 6.54 Å². The third kappa shape index (κ3) is 9.82. The van der Waals surface area contributed by atoms with Crippen molar-refractivity contribution in [3.63, 3.8) is 0 Å². The lowest BCUT2D eigenvalue weighted by Crippen LogP contribution is -2.59. The molecule has 1 aliphatic rings. The summed E-state index contributed by atoms with van der Waals surface area (Å²) in [5.74, 6) is -5.90. The van der Waals surface area contributed by atoms with E-state index >= 15 is 0 Å². The molecule has 4 amide bonds. The van der Waals surface area contributed by atoms with Crippen LogP contribution in [-0.4, -0.2) is 87.7 Å². The molecule has 14 heteroatoms. The number of aliphatic hydroxyl groups excluding tert-OH is 1. The zero-order chi connectivity index (χ0) is 25.1. The van der Waals surface area contributed by atoms with Crippen LogP contribution in [0.25, 0.3) is 0 Å². The van der Waals surface area contributed by atoms with Crippen LogP contribution >= 0.6 is 0 Å². The van der Waals surface area contributed by atoms with E-state index in [4.69, 9.17) is 10.8 Å². The van der Waals surface area contributed by atoms with E-state index in [1.165, 1.54) is 6.92 Å². The van der Waals surface area contributed by atoms with Crippen LogP contribution in [0, 0.1) is 0 Å². The van der Waals surface area contributed by atoms with E-state index in [9.17, 15) is 39.0 Å². The Hall–Kier alpha value is -3.26. The van der Waals surface area contributed by atoms with Crippen LogP contribution in [0.4, 0.5) is 0 Å². The number of hydrogen-bond acceptors (Lipinski definition) is 8. The highest BCUT2D eigenvalue weighted by molar-refractivity contribution is 5.94. The van der Waals surface area contributed by atoms with Crippen LogP contribution in [0.5, 0.6) is 0 Å². The monoisotopic (exact) mass is 473 g/mol. The largest absolute Gasteiger partial charge is 0.481 e. The fraction of sp³-hybridized carbons (Fsp3) is 0.684. The van der Waals surface area contributed by atoms with E-state index in [0.717, 1.165) is 6.42 Å². The molecule has 1 aliphatic heterocycles. The standard InChI is InChI=1S/C19H31N5O9/c1-9(25)15(18(31)23-12(19(32)33)4-6-13(20)26)24-17(30)11(5-7-14(27)28)22-16(29)10-3-2-8-21-10/h9-12,15,21,25H,2-8H2,1H3,(H2,20,26)(H,22,29)(H,23,31)(H,24,30)(H,27,28)(H,32,33). The van der Waals surface area contributed by atoms with Gasteiger partial charge in [0, 0.05) is 12.8 Å². The number of primary amides is 1. The maximum absolute atomic E-state index is 12.8. The summed E-state index contributed by atoms with van der Waals surface area (Å²) in [5.41, 5.74) is 4.99. The minimum Gasteiger partial charge on any atom is -0.481 e. The third-order valence-electron chi connectivity index (χ3n) is 5.01. The van der Waals surface area contributed by atoms with Gasteiger partial charge in [-0.3, -0.25) is 24.0 Å². The van der Waals surface area contributed by atoms with Crippen LogP contribution in [0.3, 0.4) is 0 Å². The number of carbonyl (C=O) groups excluding carboxylic acids is 4. The lowest BCUT2D eigenvalue weighted by molar-refractivity contribution is -0.143. The molecule has 0 bridgehead atoms. The Morgan fingerprint density at radius 2 is 1.61 bits per heavy atom. The summed E-state index contributed by atoms with van der Waals surface area (Å²) in [4.78, 5) is 70.9. The molecule has 186 valence electrons. The number of amides is 4. The predicted molar refractivity (Wildman–Crippen MR) is 111 cm³/mol. The fourth-order valence-electron chi connectivity index (χ4n) is 3.18. The second-order valence-electron chi connectivity index (χ2n) is 7.77. The Morgan fingerprint density at radius 1 is 0.970 bits per heavy atom. The molecule has 1 fully saturated rings. The molecule has 1 rings (SSSR count). The lowest BCUT2D eigenvalue weighted by Gasteiger charge is -2.26. The van der Waals surface area contributed by atoms with E-state index in [2.05, 4.69) is 21.3 Å². The molecule has 5 unspecified atom stereocenters. The highest BCUT2D eigenvalue weighted by Crippen LogP contribution is 2.08. The van der Waals surface area contributed by atoms with Crippen molar-refractivity contribution in [2.45, 2.75) is 75.7 Å². The third-order valence-corrected chi connectivity index (χ3v) is 5.01. The molecule has 0 radical (unpaired) electrons. The van der Waals surface area contributed by atoms with Crippen molar-refractivity contribution in [1.82, 2.24) is 21.3 Å². The molecule has 0 aliphatic carbocycles. The van der Waals surface area contributed by atoms with Crippen molar-refractivity contribution in [1.29, 1.82) is 0 Å². The molecule has 1 saturated heterocycles. The van der Waals surface area contributed by atoms with Crippen LogP contribution < -0.4 is 27.0 Å². The highest BCUT2D eigenvalue weighted by Gasteiger charge is 2.33. The first-order valence-electron chi connectivity index (χ1n) is 10.5. The number of carboxylic acid groups (broad SMARTS) is 2. The minimum atomic E-state index is -1.61.